The van der Waals surface area contributed by atoms with Crippen LogP contribution in [0.15, 0.2) is 48.5 Å². The maximum atomic E-state index is 12.3. The summed E-state index contributed by atoms with van der Waals surface area (Å²) in [5.74, 6) is 1.35. The van der Waals surface area contributed by atoms with Gasteiger partial charge in [0.05, 0.1) is 14.2 Å². The number of benzene rings is 2. The zero-order chi connectivity index (χ0) is 18.9. The Hall–Kier alpha value is -2.82. The molecule has 138 valence electrons. The first-order valence-corrected chi connectivity index (χ1v) is 8.58. The molecular formula is C21H25NO4. The van der Waals surface area contributed by atoms with Crippen LogP contribution in [0.5, 0.6) is 11.5 Å². The van der Waals surface area contributed by atoms with Crippen molar-refractivity contribution in [3.63, 3.8) is 0 Å². The Morgan fingerprint density at radius 3 is 2.46 bits per heavy atom. The molecule has 0 aromatic heterocycles. The molecule has 0 atom stereocenters. The molecule has 0 aliphatic rings. The maximum absolute atomic E-state index is 12.3. The topological polar surface area (TPSA) is 55.8 Å². The number of ether oxygens (including phenoxy) is 2. The van der Waals surface area contributed by atoms with E-state index in [4.69, 9.17) is 9.47 Å². The van der Waals surface area contributed by atoms with Crippen LogP contribution >= 0.6 is 0 Å². The molecule has 0 saturated heterocycles. The molecule has 0 unspecified atom stereocenters. The van der Waals surface area contributed by atoms with Crippen molar-refractivity contribution in [1.29, 1.82) is 0 Å². The van der Waals surface area contributed by atoms with Crippen molar-refractivity contribution in [2.24, 2.45) is 0 Å². The van der Waals surface area contributed by atoms with E-state index in [1.807, 2.05) is 24.3 Å². The number of nitrogens with zero attached hydrogens (tertiary/aromatic N) is 1. The third kappa shape index (κ3) is 5.34. The monoisotopic (exact) mass is 355 g/mol. The number of para-hydroxylation sites is 1. The van der Waals surface area contributed by atoms with Crippen LogP contribution in [-0.2, 0) is 11.2 Å². The van der Waals surface area contributed by atoms with Gasteiger partial charge in [-0.15, -0.1) is 0 Å². The summed E-state index contributed by atoms with van der Waals surface area (Å²) in [4.78, 5) is 26.2. The lowest BCUT2D eigenvalue weighted by molar-refractivity contribution is -0.129. The fourth-order valence-corrected chi connectivity index (χ4v) is 2.67. The van der Waals surface area contributed by atoms with Gasteiger partial charge in [-0.05, 0) is 30.2 Å². The minimum atomic E-state index is -0.0598. The molecule has 26 heavy (non-hydrogen) atoms. The van der Waals surface area contributed by atoms with Crippen LogP contribution in [0.2, 0.25) is 0 Å². The maximum Gasteiger partial charge on any atom is 0.222 e. The first kappa shape index (κ1) is 19.5. The normalized spacial score (nSPS) is 10.3. The molecule has 2 aromatic rings. The predicted molar refractivity (Wildman–Crippen MR) is 101 cm³/mol. The second-order valence-corrected chi connectivity index (χ2v) is 6.03. The minimum Gasteiger partial charge on any atom is -0.497 e. The third-order valence-electron chi connectivity index (χ3n) is 4.29. The molecule has 0 fully saturated rings. The summed E-state index contributed by atoms with van der Waals surface area (Å²) in [6, 6.07) is 14.8. The van der Waals surface area contributed by atoms with Gasteiger partial charge in [0.2, 0.25) is 5.91 Å². The lowest BCUT2D eigenvalue weighted by atomic mass is 10.1. The summed E-state index contributed by atoms with van der Waals surface area (Å²) in [6.07, 6.45) is 1.08. The smallest absolute Gasteiger partial charge is 0.222 e. The first-order valence-electron chi connectivity index (χ1n) is 8.58. The Balaban J connectivity index is 1.84. The molecule has 2 aromatic carbocycles. The van der Waals surface area contributed by atoms with Gasteiger partial charge in [0.1, 0.15) is 11.5 Å². The lowest BCUT2D eigenvalue weighted by Gasteiger charge is -2.18. The quantitative estimate of drug-likeness (QED) is 0.647. The van der Waals surface area contributed by atoms with Crippen LogP contribution in [0.1, 0.15) is 28.8 Å². The van der Waals surface area contributed by atoms with Crippen molar-refractivity contribution >= 4 is 11.7 Å². The number of hydrogen-bond donors (Lipinski definition) is 0. The Labute approximate surface area is 154 Å². The second-order valence-electron chi connectivity index (χ2n) is 6.03. The number of methoxy groups -OCH3 is 2. The van der Waals surface area contributed by atoms with Crippen LogP contribution in [-0.4, -0.2) is 44.4 Å². The van der Waals surface area contributed by atoms with E-state index in [0.29, 0.717) is 24.3 Å². The number of amides is 1. The highest BCUT2D eigenvalue weighted by molar-refractivity contribution is 5.98. The minimum absolute atomic E-state index is 0.0452. The Bertz CT molecular complexity index is 757. The number of ketones is 1. The fraction of sp³-hybridized carbons (Fsp3) is 0.333. The van der Waals surface area contributed by atoms with Gasteiger partial charge in [-0.1, -0.05) is 30.3 Å². The highest BCUT2D eigenvalue weighted by Gasteiger charge is 2.14. The molecule has 0 heterocycles. The van der Waals surface area contributed by atoms with E-state index in [-0.39, 0.29) is 24.5 Å². The van der Waals surface area contributed by atoms with E-state index in [1.54, 1.807) is 50.4 Å². The number of likely N-dealkylation sites (N-methyl/N-ethyl adjacent to an activating group) is 1. The molecule has 1 amide bonds. The van der Waals surface area contributed by atoms with Crippen LogP contribution < -0.4 is 9.47 Å². The van der Waals surface area contributed by atoms with Gasteiger partial charge in [-0.3, -0.25) is 9.59 Å². The predicted octanol–water partition coefficient (Wildman–Crippen LogP) is 3.37. The van der Waals surface area contributed by atoms with Crippen molar-refractivity contribution in [2.75, 3.05) is 27.8 Å². The Morgan fingerprint density at radius 1 is 0.962 bits per heavy atom. The zero-order valence-corrected chi connectivity index (χ0v) is 15.5. The van der Waals surface area contributed by atoms with E-state index in [1.165, 1.54) is 0 Å². The van der Waals surface area contributed by atoms with Crippen LogP contribution in [0.25, 0.3) is 0 Å². The van der Waals surface area contributed by atoms with Crippen molar-refractivity contribution in [3.05, 3.63) is 59.7 Å². The van der Waals surface area contributed by atoms with Crippen LogP contribution in [0.4, 0.5) is 0 Å². The molecule has 0 spiro atoms. The van der Waals surface area contributed by atoms with Crippen molar-refractivity contribution in [2.45, 2.75) is 19.3 Å². The third-order valence-corrected chi connectivity index (χ3v) is 4.29. The molecule has 0 aliphatic carbocycles. The number of hydrogen-bond acceptors (Lipinski definition) is 4. The van der Waals surface area contributed by atoms with Gasteiger partial charge >= 0.3 is 0 Å². The largest absolute Gasteiger partial charge is 0.497 e. The molecule has 0 aliphatic heterocycles. The number of carbonyl (C=O) groups excluding carboxylic acids is 2. The molecular weight excluding hydrogens is 330 g/mol. The molecule has 0 radical (unpaired) electrons. The summed E-state index contributed by atoms with van der Waals surface area (Å²) >= 11 is 0. The van der Waals surface area contributed by atoms with Crippen LogP contribution in [0, 0.1) is 0 Å². The highest BCUT2D eigenvalue weighted by Crippen LogP contribution is 2.18. The molecule has 2 rings (SSSR count). The number of rotatable bonds is 9. The van der Waals surface area contributed by atoms with Crippen LogP contribution in [0.3, 0.4) is 0 Å². The van der Waals surface area contributed by atoms with E-state index in [9.17, 15) is 9.59 Å². The molecule has 5 nitrogen and oxygen atoms in total. The van der Waals surface area contributed by atoms with Gasteiger partial charge < -0.3 is 14.4 Å². The molecule has 0 saturated carbocycles. The fourth-order valence-electron chi connectivity index (χ4n) is 2.67. The average Bonchev–Trinajstić information content (AvgIpc) is 2.69. The van der Waals surface area contributed by atoms with Crippen molar-refractivity contribution < 1.29 is 19.1 Å². The van der Waals surface area contributed by atoms with E-state index in [0.717, 1.165) is 11.3 Å². The molecule has 5 heteroatoms. The van der Waals surface area contributed by atoms with Gasteiger partial charge in [-0.25, -0.2) is 0 Å². The summed E-state index contributed by atoms with van der Waals surface area (Å²) in [5.41, 5.74) is 1.62. The van der Waals surface area contributed by atoms with Crippen molar-refractivity contribution in [3.8, 4) is 11.5 Å². The molecule has 0 N–H and O–H groups in total. The zero-order valence-electron chi connectivity index (χ0n) is 15.5. The summed E-state index contributed by atoms with van der Waals surface area (Å²) in [5, 5.41) is 0. The number of carbonyl (C=O) groups is 2. The van der Waals surface area contributed by atoms with Gasteiger partial charge in [0.25, 0.3) is 0 Å². The Kier molecular flexibility index (Phi) is 7.21. The van der Waals surface area contributed by atoms with E-state index >= 15 is 0 Å². The van der Waals surface area contributed by atoms with E-state index < -0.39 is 0 Å². The SMILES string of the molecule is COc1cccc(C(=O)CCC(=O)N(C)CCc2ccccc2OC)c1. The molecule has 0 bridgehead atoms. The van der Waals surface area contributed by atoms with Gasteiger partial charge in [0.15, 0.2) is 5.78 Å². The Morgan fingerprint density at radius 2 is 1.73 bits per heavy atom. The lowest BCUT2D eigenvalue weighted by Crippen LogP contribution is -2.29. The van der Waals surface area contributed by atoms with Gasteiger partial charge in [-0.2, -0.15) is 0 Å². The first-order chi connectivity index (χ1) is 12.5. The average molecular weight is 355 g/mol. The van der Waals surface area contributed by atoms with Crippen molar-refractivity contribution in [1.82, 2.24) is 4.90 Å². The second kappa shape index (κ2) is 9.61. The standard InChI is InChI=1S/C21H25NO4/c1-22(14-13-16-7-4-5-10-20(16)26-3)21(24)12-11-19(23)17-8-6-9-18(15-17)25-2/h4-10,15H,11-14H2,1-3H3. The summed E-state index contributed by atoms with van der Waals surface area (Å²) in [6.45, 7) is 0.576. The summed E-state index contributed by atoms with van der Waals surface area (Å²) in [7, 11) is 4.95. The highest BCUT2D eigenvalue weighted by atomic mass is 16.5. The summed E-state index contributed by atoms with van der Waals surface area (Å²) < 4.78 is 10.5. The van der Waals surface area contributed by atoms with Gasteiger partial charge in [0, 0.05) is 32.0 Å². The van der Waals surface area contributed by atoms with E-state index in [2.05, 4.69) is 0 Å². The number of Topliss-reactive ketones (excluding diaryl/α,β-unsaturated/α-hetero) is 1.